The number of hydrogen-bond acceptors (Lipinski definition) is 7. The Morgan fingerprint density at radius 2 is 1.67 bits per heavy atom. The lowest BCUT2D eigenvalue weighted by Gasteiger charge is -2.25. The fourth-order valence-electron chi connectivity index (χ4n) is 3.12. The van der Waals surface area contributed by atoms with E-state index in [0.29, 0.717) is 29.6 Å². The second kappa shape index (κ2) is 8.91. The van der Waals surface area contributed by atoms with Crippen LogP contribution in [0.4, 0.5) is 28.8 Å². The smallest absolute Gasteiger partial charge is 0.163 e. The summed E-state index contributed by atoms with van der Waals surface area (Å²) in [5, 5.41) is 3.25. The third-order valence-corrected chi connectivity index (χ3v) is 4.59. The monoisotopic (exact) mass is 398 g/mol. The molecule has 4 rings (SSSR count). The number of pyridine rings is 1. The standard InChI is InChI=1S/C23H22N6O/c1-30-19-12-6-5-11-18(19)28-22-21(24)23(27-16-26-22)29(20-13-7-8-14-25-20)15-17-9-3-2-4-10-17/h2-14,16H,15,24H2,1H3,(H,26,27,28). The topological polar surface area (TPSA) is 89.2 Å². The van der Waals surface area contributed by atoms with Crippen molar-refractivity contribution in [2.45, 2.75) is 6.54 Å². The number of hydrogen-bond donors (Lipinski definition) is 2. The molecule has 0 atom stereocenters. The Bertz CT molecular complexity index is 1100. The average Bonchev–Trinajstić information content (AvgIpc) is 2.81. The summed E-state index contributed by atoms with van der Waals surface area (Å²) >= 11 is 0. The van der Waals surface area contributed by atoms with Crippen LogP contribution in [0.5, 0.6) is 5.75 Å². The Hall–Kier alpha value is -4.13. The molecule has 0 aliphatic carbocycles. The molecule has 0 radical (unpaired) electrons. The maximum absolute atomic E-state index is 6.52. The highest BCUT2D eigenvalue weighted by Gasteiger charge is 2.19. The van der Waals surface area contributed by atoms with Crippen LogP contribution < -0.4 is 20.7 Å². The minimum atomic E-state index is 0.421. The maximum atomic E-state index is 6.52. The van der Waals surface area contributed by atoms with Crippen molar-refractivity contribution in [3.8, 4) is 5.75 Å². The van der Waals surface area contributed by atoms with Crippen molar-refractivity contribution in [1.29, 1.82) is 0 Å². The number of ether oxygens (including phenoxy) is 1. The van der Waals surface area contributed by atoms with Crippen LogP contribution in [-0.2, 0) is 6.54 Å². The van der Waals surface area contributed by atoms with E-state index in [0.717, 1.165) is 17.1 Å². The summed E-state index contributed by atoms with van der Waals surface area (Å²) < 4.78 is 5.42. The molecule has 2 heterocycles. The molecular weight excluding hydrogens is 376 g/mol. The first-order chi connectivity index (χ1) is 14.8. The Labute approximate surface area is 175 Å². The number of nitrogens with zero attached hydrogens (tertiary/aromatic N) is 4. The number of nitrogen functional groups attached to an aromatic ring is 1. The van der Waals surface area contributed by atoms with E-state index < -0.39 is 0 Å². The average molecular weight is 398 g/mol. The summed E-state index contributed by atoms with van der Waals surface area (Å²) in [6.45, 7) is 0.563. The molecule has 0 saturated carbocycles. The summed E-state index contributed by atoms with van der Waals surface area (Å²) in [6, 6.07) is 23.4. The van der Waals surface area contributed by atoms with Crippen LogP contribution in [0.15, 0.2) is 85.3 Å². The minimum absolute atomic E-state index is 0.421. The largest absolute Gasteiger partial charge is 0.495 e. The van der Waals surface area contributed by atoms with Crippen molar-refractivity contribution >= 4 is 28.8 Å². The fourth-order valence-corrected chi connectivity index (χ4v) is 3.12. The van der Waals surface area contributed by atoms with Gasteiger partial charge in [0.25, 0.3) is 0 Å². The number of benzene rings is 2. The number of nitrogens with two attached hydrogens (primary N) is 1. The highest BCUT2D eigenvalue weighted by atomic mass is 16.5. The lowest BCUT2D eigenvalue weighted by molar-refractivity contribution is 0.417. The van der Waals surface area contributed by atoms with Crippen LogP contribution in [0, 0.1) is 0 Å². The zero-order valence-corrected chi connectivity index (χ0v) is 16.6. The zero-order chi connectivity index (χ0) is 20.8. The van der Waals surface area contributed by atoms with Crippen molar-refractivity contribution < 1.29 is 4.74 Å². The summed E-state index contributed by atoms with van der Waals surface area (Å²) in [4.78, 5) is 15.3. The highest BCUT2D eigenvalue weighted by molar-refractivity contribution is 5.81. The predicted octanol–water partition coefficient (Wildman–Crippen LogP) is 4.54. The Morgan fingerprint density at radius 3 is 2.43 bits per heavy atom. The van der Waals surface area contributed by atoms with Gasteiger partial charge < -0.3 is 20.7 Å². The third-order valence-electron chi connectivity index (χ3n) is 4.59. The van der Waals surface area contributed by atoms with Crippen molar-refractivity contribution in [3.63, 3.8) is 0 Å². The second-order valence-corrected chi connectivity index (χ2v) is 6.54. The summed E-state index contributed by atoms with van der Waals surface area (Å²) in [6.07, 6.45) is 3.24. The second-order valence-electron chi connectivity index (χ2n) is 6.54. The van der Waals surface area contributed by atoms with Gasteiger partial charge in [-0.2, -0.15) is 0 Å². The number of nitrogens with one attached hydrogen (secondary N) is 1. The molecule has 0 aliphatic heterocycles. The van der Waals surface area contributed by atoms with E-state index in [9.17, 15) is 0 Å². The van der Waals surface area contributed by atoms with Gasteiger partial charge in [0.05, 0.1) is 19.3 Å². The normalized spacial score (nSPS) is 10.4. The van der Waals surface area contributed by atoms with Gasteiger partial charge in [-0.1, -0.05) is 48.5 Å². The minimum Gasteiger partial charge on any atom is -0.495 e. The van der Waals surface area contributed by atoms with Gasteiger partial charge in [-0.15, -0.1) is 0 Å². The molecule has 7 nitrogen and oxygen atoms in total. The Balaban J connectivity index is 1.73. The van der Waals surface area contributed by atoms with E-state index in [1.54, 1.807) is 13.3 Å². The number of para-hydroxylation sites is 2. The van der Waals surface area contributed by atoms with Gasteiger partial charge in [0.2, 0.25) is 0 Å². The van der Waals surface area contributed by atoms with E-state index >= 15 is 0 Å². The molecule has 2 aromatic carbocycles. The molecule has 7 heteroatoms. The fraction of sp³-hybridized carbons (Fsp3) is 0.0870. The van der Waals surface area contributed by atoms with Crippen LogP contribution >= 0.6 is 0 Å². The van der Waals surface area contributed by atoms with E-state index in [-0.39, 0.29) is 0 Å². The molecule has 0 spiro atoms. The predicted molar refractivity (Wildman–Crippen MR) is 119 cm³/mol. The summed E-state index contributed by atoms with van der Waals surface area (Å²) in [5.41, 5.74) is 8.82. The van der Waals surface area contributed by atoms with Crippen LogP contribution in [-0.4, -0.2) is 22.1 Å². The van der Waals surface area contributed by atoms with E-state index in [1.165, 1.54) is 6.33 Å². The first-order valence-corrected chi connectivity index (χ1v) is 9.49. The molecule has 0 aliphatic rings. The molecule has 0 saturated heterocycles. The van der Waals surface area contributed by atoms with Gasteiger partial charge in [-0.25, -0.2) is 15.0 Å². The van der Waals surface area contributed by atoms with E-state index in [2.05, 4.69) is 32.4 Å². The van der Waals surface area contributed by atoms with Gasteiger partial charge in [0.1, 0.15) is 23.6 Å². The lowest BCUT2D eigenvalue weighted by Crippen LogP contribution is -2.21. The van der Waals surface area contributed by atoms with Crippen molar-refractivity contribution in [2.75, 3.05) is 23.1 Å². The van der Waals surface area contributed by atoms with Gasteiger partial charge in [-0.3, -0.25) is 0 Å². The molecule has 3 N–H and O–H groups in total. The zero-order valence-electron chi connectivity index (χ0n) is 16.6. The molecule has 2 aromatic heterocycles. The van der Waals surface area contributed by atoms with Gasteiger partial charge in [-0.05, 0) is 29.8 Å². The van der Waals surface area contributed by atoms with Crippen LogP contribution in [0.2, 0.25) is 0 Å². The molecule has 0 unspecified atom stereocenters. The van der Waals surface area contributed by atoms with Crippen LogP contribution in [0.25, 0.3) is 0 Å². The summed E-state index contributed by atoms with van der Waals surface area (Å²) in [5.74, 6) is 2.52. The maximum Gasteiger partial charge on any atom is 0.163 e. The van der Waals surface area contributed by atoms with Crippen molar-refractivity contribution in [2.24, 2.45) is 0 Å². The van der Waals surface area contributed by atoms with Crippen LogP contribution in [0.1, 0.15) is 5.56 Å². The molecule has 30 heavy (non-hydrogen) atoms. The molecular formula is C23H22N6O. The van der Waals surface area contributed by atoms with E-state index in [4.69, 9.17) is 10.5 Å². The van der Waals surface area contributed by atoms with Crippen LogP contribution in [0.3, 0.4) is 0 Å². The quantitative estimate of drug-likeness (QED) is 0.472. The molecule has 0 fully saturated rings. The van der Waals surface area contributed by atoms with Gasteiger partial charge in [0.15, 0.2) is 11.6 Å². The molecule has 150 valence electrons. The first kappa shape index (κ1) is 19.2. The molecule has 4 aromatic rings. The molecule has 0 bridgehead atoms. The lowest BCUT2D eigenvalue weighted by atomic mass is 10.2. The van der Waals surface area contributed by atoms with Gasteiger partial charge >= 0.3 is 0 Å². The first-order valence-electron chi connectivity index (χ1n) is 9.49. The Morgan fingerprint density at radius 1 is 0.900 bits per heavy atom. The Kier molecular flexibility index (Phi) is 5.70. The number of aromatic nitrogens is 3. The summed E-state index contributed by atoms with van der Waals surface area (Å²) in [7, 11) is 1.62. The molecule has 0 amide bonds. The third kappa shape index (κ3) is 4.15. The number of anilines is 5. The van der Waals surface area contributed by atoms with E-state index in [1.807, 2.05) is 65.6 Å². The van der Waals surface area contributed by atoms with Crippen molar-refractivity contribution in [3.05, 3.63) is 90.9 Å². The highest BCUT2D eigenvalue weighted by Crippen LogP contribution is 2.35. The number of methoxy groups -OCH3 is 1. The SMILES string of the molecule is COc1ccccc1Nc1ncnc(N(Cc2ccccc2)c2ccccn2)c1N. The van der Waals surface area contributed by atoms with Gasteiger partial charge in [0, 0.05) is 6.20 Å². The van der Waals surface area contributed by atoms with Crippen molar-refractivity contribution in [1.82, 2.24) is 15.0 Å². The number of rotatable bonds is 7.